The van der Waals surface area contributed by atoms with Crippen LogP contribution in [0.5, 0.6) is 51.7 Å². The van der Waals surface area contributed by atoms with Crippen LogP contribution in [-0.4, -0.2) is 273 Å². The molecule has 6 amide bonds. The summed E-state index contributed by atoms with van der Waals surface area (Å²) in [6, 6.07) is 7.35. The van der Waals surface area contributed by atoms with Gasteiger partial charge >= 0.3 is 18.0 Å². The number of amides is 6. The molecule has 3 fully saturated rings. The minimum atomic E-state index is -4.99. The molecular formula is C93H110Cl2F3N11O34S. The van der Waals surface area contributed by atoms with Crippen LogP contribution in [0.2, 0.25) is 10.0 Å². The molecule has 23 atom stereocenters. The van der Waals surface area contributed by atoms with Gasteiger partial charge < -0.3 is 153 Å². The van der Waals surface area contributed by atoms with Crippen LogP contribution in [0.1, 0.15) is 160 Å². The molecule has 6 aromatic carbocycles. The highest BCUT2D eigenvalue weighted by molar-refractivity contribution is 7.85. The van der Waals surface area contributed by atoms with Crippen molar-refractivity contribution in [2.24, 2.45) is 23.3 Å². The molecule has 9 heterocycles. The molecule has 8 aliphatic rings. The fraction of sp³-hybridized carbons (Fsp3) is 0.473. The van der Waals surface area contributed by atoms with Gasteiger partial charge in [-0.3, -0.25) is 47.5 Å². The number of halogens is 5. The lowest BCUT2D eigenvalue weighted by Gasteiger charge is -2.46. The van der Waals surface area contributed by atoms with Gasteiger partial charge in [-0.2, -0.15) is 13.4 Å². The number of ether oxygens (including phenoxy) is 9. The third-order valence-corrected chi connectivity index (χ3v) is 26.3. The van der Waals surface area contributed by atoms with E-state index in [0.717, 1.165) is 89.5 Å². The molecule has 782 valence electrons. The number of aliphatic hydroxyl groups is 8. The number of benzene rings is 6. The number of Topliss-reactive ketones (excluding diaryl/α,β-unsaturated/α-hetero) is 2. The van der Waals surface area contributed by atoms with Crippen LogP contribution in [0.4, 0.5) is 19.0 Å². The van der Waals surface area contributed by atoms with Crippen molar-refractivity contribution in [1.29, 1.82) is 0 Å². The number of unbranched alkanes of at least 4 members (excludes halogenated alkanes) is 1. The first-order valence-corrected chi connectivity index (χ1v) is 47.2. The zero-order valence-corrected chi connectivity index (χ0v) is 78.9. The third-order valence-electron chi connectivity index (χ3n) is 25.0. The van der Waals surface area contributed by atoms with Crippen molar-refractivity contribution in [3.63, 3.8) is 0 Å². The van der Waals surface area contributed by atoms with E-state index in [-0.39, 0.29) is 73.6 Å². The molecule has 2 unspecified atom stereocenters. The number of aromatic hydroxyl groups is 3. The molecule has 8 aliphatic heterocycles. The molecule has 24 N–H and O–H groups in total. The van der Waals surface area contributed by atoms with Crippen LogP contribution < -0.4 is 73.3 Å². The molecule has 11 bridgehead atoms. The van der Waals surface area contributed by atoms with E-state index < -0.39 is 356 Å². The van der Waals surface area contributed by atoms with Gasteiger partial charge in [0.05, 0.1) is 64.2 Å². The maximum atomic E-state index is 16.8. The predicted molar refractivity (Wildman–Crippen MR) is 496 cm³/mol. The number of primary amides is 1. The zero-order chi connectivity index (χ0) is 104. The van der Waals surface area contributed by atoms with Gasteiger partial charge in [-0.25, -0.2) is 9.59 Å². The number of nitrogens with zero attached hydrogens (tertiary/aromatic N) is 2. The highest BCUT2D eigenvalue weighted by Gasteiger charge is 2.54. The minimum Gasteiger partial charge on any atom is -0.507 e. The monoisotopic (exact) mass is 2080 g/mol. The van der Waals surface area contributed by atoms with Crippen LogP contribution in [0.15, 0.2) is 114 Å². The Bertz CT molecular complexity index is 6130. The number of phenolic OH excluding ortho intramolecular Hbond substituents is 3. The molecule has 7 aromatic rings. The molecule has 1 aromatic heterocycles. The molecule has 144 heavy (non-hydrogen) atoms. The SMILES string of the molecule is C.CN[C@H](CC(C)C)C(=O)NC1C(=O)C[C@@H](CC(N)=O)C(=O)N[C@H]2C(=O)C[C@H]3C(=O)N[C@H](C(=O)N[C@@H](C(=O)O)c4cc(O)c(CNCCS(=O)(=O)O)c(O)c4-c4cc3ccc4O)[C@H](OC3C[C@](C)(N)[C@@H](O)[C@H](C)O3)c3ccc(c(Cl)c3)Oc3cc2cc(c3O[C@@H]2O[C@H](CO)[C@@H](O[C@@H]3O[C@H](CCCCn4ccc(NC(=O)c5ccc(OC(F)(F)F)cc5)nc4=O)[C@H](O)[C@H](O)[C@H]3O)[C@H](O)[C@H]2O)Oc2ccc(cc2Cl)[C@H]1O. The van der Waals surface area contributed by atoms with Crippen molar-refractivity contribution in [2.75, 3.05) is 31.3 Å². The Morgan fingerprint density at radius 2 is 1.38 bits per heavy atom. The summed E-state index contributed by atoms with van der Waals surface area (Å²) in [5, 5.41) is 159. The molecular weight excluding hydrogens is 1980 g/mol. The van der Waals surface area contributed by atoms with E-state index in [2.05, 4.69) is 46.9 Å². The Morgan fingerprint density at radius 3 is 1.99 bits per heavy atom. The average molecular weight is 2090 g/mol. The summed E-state index contributed by atoms with van der Waals surface area (Å²) in [7, 11) is -3.20. The largest absolute Gasteiger partial charge is 0.573 e. The number of hydrogen-bond acceptors (Lipinski definition) is 36. The number of ketones is 2. The van der Waals surface area contributed by atoms with Crippen molar-refractivity contribution >= 4 is 92.1 Å². The van der Waals surface area contributed by atoms with Gasteiger partial charge in [0.1, 0.15) is 113 Å². The number of carboxylic acid groups (broad SMARTS) is 1. The van der Waals surface area contributed by atoms with Crippen LogP contribution >= 0.6 is 23.2 Å². The zero-order valence-electron chi connectivity index (χ0n) is 76.6. The van der Waals surface area contributed by atoms with Crippen LogP contribution in [0.25, 0.3) is 11.1 Å². The molecule has 45 nitrogen and oxygen atoms in total. The molecule has 0 spiro atoms. The second kappa shape index (κ2) is 46.2. The van der Waals surface area contributed by atoms with Crippen molar-refractivity contribution < 1.29 is 173 Å². The smallest absolute Gasteiger partial charge is 0.507 e. The Balaban J connectivity index is 0.0000185. The van der Waals surface area contributed by atoms with Crippen molar-refractivity contribution in [2.45, 2.75) is 240 Å². The molecule has 51 heteroatoms. The number of aliphatic hydroxyl groups excluding tert-OH is 8. The standard InChI is InChI=1S/C92H106Cl2F3N11O34S.CH4/c1-37(2)24-52(100-5)85(126)106-69-55(112)28-44(31-63(98)114)83(124)104-67-43-29-60(135-57-17-12-41(71(69)115)26-50(57)93)79(140-89-77(121)75(119)80(62(36-109)138-89)141-88-76(120)74(118)73(117)59(137-88)8-6-7-21-108-22-19-64(103-90(108)130)102-82(123)39-9-14-45(15-10-39)142-92(95,96)97)61(30-43)136-58-18-13-42(27-51(58)94)78(139-65-34-91(4,99)81(122)38(3)134-65)70-86(127)105-68(87(128)129)48-33-54(111)49(35-101-20-23-143(131,132)133)72(116)66(48)47-25-40(11-16-53(47)110)46(32-56(67)113)84(125)107-70;/h9-19,22,25-27,29-30,33,37-38,44,46,52,59,62,65,67-71,73-78,80-81,88-89,100-101,109-111,115-122H,6-8,20-21,23-24,28,31-32,34-36,99H2,1-5H3,(H2,98,114)(H,104,124)(H,105,127)(H,106,126)(H,107,125)(H,128,129)(H,131,132,133)(H,102,103,123,130);1H4/t38-,44-,46+,52+,59+,62+,65?,67+,68+,69?,70-,71+,73-,74-,75+,76+,77+,78+,80+,81-,88-,89-,91-;/m0./s1. The van der Waals surface area contributed by atoms with Crippen LogP contribution in [0, 0.1) is 11.8 Å². The van der Waals surface area contributed by atoms with E-state index in [1.165, 1.54) is 45.3 Å². The van der Waals surface area contributed by atoms with Crippen LogP contribution in [0.3, 0.4) is 0 Å². The second-order valence-electron chi connectivity index (χ2n) is 36.0. The number of fused-ring (bicyclic) bond motifs is 15. The average Bonchev–Trinajstić information content (AvgIpc) is 0.753. The van der Waals surface area contributed by atoms with Gasteiger partial charge in [-0.05, 0) is 160 Å². The first-order chi connectivity index (χ1) is 67.4. The van der Waals surface area contributed by atoms with Crippen molar-refractivity contribution in [1.82, 2.24) is 41.5 Å². The summed E-state index contributed by atoms with van der Waals surface area (Å²) in [6.07, 6.45) is -36.4. The van der Waals surface area contributed by atoms with E-state index >= 15 is 24.0 Å². The quantitative estimate of drug-likeness (QED) is 0.0247. The van der Waals surface area contributed by atoms with E-state index in [9.17, 15) is 111 Å². The van der Waals surface area contributed by atoms with E-state index in [0.29, 0.717) is 0 Å². The number of aliphatic carboxylic acids is 1. The number of aryl methyl sites for hydroxylation is 1. The minimum absolute atomic E-state index is 0. The maximum Gasteiger partial charge on any atom is 0.573 e. The number of carboxylic acids is 1. The fourth-order valence-corrected chi connectivity index (χ4v) is 18.4. The molecule has 0 radical (unpaired) electrons. The number of phenols is 3. The summed E-state index contributed by atoms with van der Waals surface area (Å²) in [5.74, 6) is -23.7. The normalized spacial score (nSPS) is 27.6. The molecule has 0 aliphatic carbocycles. The number of carbonyl (C=O) groups is 9. The third kappa shape index (κ3) is 25.9. The number of alkyl halides is 3. The van der Waals surface area contributed by atoms with E-state index in [1.54, 1.807) is 13.8 Å². The lowest BCUT2D eigenvalue weighted by Crippen LogP contribution is -2.64. The predicted octanol–water partition coefficient (Wildman–Crippen LogP) is 3.11. The Labute approximate surface area is 828 Å². The maximum absolute atomic E-state index is 16.8. The number of hydrogen-bond donors (Lipinski definition) is 22. The van der Waals surface area contributed by atoms with E-state index in [1.807, 2.05) is 0 Å². The van der Waals surface area contributed by atoms with Gasteiger partial charge in [0.2, 0.25) is 41.6 Å². The Kier molecular flexibility index (Phi) is 35.6. The highest BCUT2D eigenvalue weighted by atomic mass is 35.5. The molecule has 3 saturated heterocycles. The lowest BCUT2D eigenvalue weighted by molar-refractivity contribution is -0.351. The van der Waals surface area contributed by atoms with Gasteiger partial charge in [0.25, 0.3) is 16.0 Å². The van der Waals surface area contributed by atoms with Crippen LogP contribution in [-0.2, 0) is 85.2 Å². The first kappa shape index (κ1) is 111. The van der Waals surface area contributed by atoms with E-state index in [4.69, 9.17) is 72.6 Å². The Hall–Kier alpha value is -11.9. The number of anilines is 1. The number of rotatable bonds is 28. The Morgan fingerprint density at radius 1 is 0.729 bits per heavy atom. The number of nitrogens with one attached hydrogen (secondary N) is 7. The summed E-state index contributed by atoms with van der Waals surface area (Å²) in [6.45, 7) is 3.96. The highest BCUT2D eigenvalue weighted by Crippen LogP contribution is 2.52. The molecule has 0 saturated carbocycles. The summed E-state index contributed by atoms with van der Waals surface area (Å²) >= 11 is 14.6. The number of nitrogens with two attached hydrogens (primary N) is 2. The van der Waals surface area contributed by atoms with Gasteiger partial charge in [0, 0.05) is 79.3 Å². The second-order valence-corrected chi connectivity index (χ2v) is 38.3. The summed E-state index contributed by atoms with van der Waals surface area (Å²) in [5.41, 5.74) is 6.08. The first-order valence-electron chi connectivity index (χ1n) is 44.9. The number of likely N-dealkylation sites (N-methyl/N-ethyl adjacent to an activating group) is 1. The summed E-state index contributed by atoms with van der Waals surface area (Å²) in [4.78, 5) is 152. The van der Waals surface area contributed by atoms with Crippen molar-refractivity contribution in [3.8, 4) is 62.9 Å². The van der Waals surface area contributed by atoms with Gasteiger partial charge in [-0.1, -0.05) is 62.7 Å². The van der Waals surface area contributed by atoms with Gasteiger partial charge in [-0.15, -0.1) is 13.2 Å². The lowest BCUT2D eigenvalue weighted by atomic mass is 9.84. The number of aromatic nitrogens is 2. The van der Waals surface area contributed by atoms with Gasteiger partial charge in [0.15, 0.2) is 41.7 Å². The summed E-state index contributed by atoms with van der Waals surface area (Å²) < 4.78 is 128. The topological polar surface area (TPSA) is 705 Å². The molecule has 15 rings (SSSR count). The number of carbonyl (C=O) groups excluding carboxylic acids is 8. The fourth-order valence-electron chi connectivity index (χ4n) is 17.5. The van der Waals surface area contributed by atoms with Crippen molar-refractivity contribution in [3.05, 3.63) is 169 Å².